The van der Waals surface area contributed by atoms with Crippen LogP contribution in [0.5, 0.6) is 0 Å². The molecule has 1 saturated heterocycles. The number of primary amides is 1. The van der Waals surface area contributed by atoms with Gasteiger partial charge in [0, 0.05) is 13.1 Å². The van der Waals surface area contributed by atoms with Crippen molar-refractivity contribution in [3.05, 3.63) is 12.2 Å². The summed E-state index contributed by atoms with van der Waals surface area (Å²) in [5, 5.41) is 19.5. The van der Waals surface area contributed by atoms with Gasteiger partial charge in [0.05, 0.1) is 12.0 Å². The summed E-state index contributed by atoms with van der Waals surface area (Å²) >= 11 is 0. The van der Waals surface area contributed by atoms with Gasteiger partial charge in [0.1, 0.15) is 18.4 Å². The topological polar surface area (TPSA) is 96.0 Å². The summed E-state index contributed by atoms with van der Waals surface area (Å²) in [6.45, 7) is 2.69. The van der Waals surface area contributed by atoms with E-state index in [0.717, 1.165) is 0 Å². The lowest BCUT2D eigenvalue weighted by atomic mass is 10.0. The van der Waals surface area contributed by atoms with Gasteiger partial charge in [-0.25, -0.2) is 0 Å². The second kappa shape index (κ2) is 4.73. The standard InChI is InChI=1S/C11H18N2O4/c1-6-8(14)9(15)11(17-6)13-4-2-3-7(5-13)10(12)16/h2-3,6-9,11,14-15H,4-5H2,1H3,(H2,12,16)/t6-,7?,8-,9-,11?/m1/s1. The molecule has 96 valence electrons. The molecule has 6 nitrogen and oxygen atoms in total. The minimum atomic E-state index is -0.954. The molecule has 2 aliphatic rings. The van der Waals surface area contributed by atoms with E-state index >= 15 is 0 Å². The van der Waals surface area contributed by atoms with Gasteiger partial charge in [-0.3, -0.25) is 9.69 Å². The Kier molecular flexibility index (Phi) is 3.48. The van der Waals surface area contributed by atoms with Crippen molar-refractivity contribution >= 4 is 5.91 Å². The molecule has 0 aromatic rings. The number of ether oxygens (including phenoxy) is 1. The molecule has 0 aromatic carbocycles. The van der Waals surface area contributed by atoms with Gasteiger partial charge < -0.3 is 20.7 Å². The lowest BCUT2D eigenvalue weighted by Crippen LogP contribution is -2.49. The molecule has 2 unspecified atom stereocenters. The summed E-state index contributed by atoms with van der Waals surface area (Å²) in [6.07, 6.45) is 0.757. The lowest BCUT2D eigenvalue weighted by Gasteiger charge is -2.33. The van der Waals surface area contributed by atoms with Crippen LogP contribution >= 0.6 is 0 Å². The third-order valence-electron chi connectivity index (χ3n) is 3.34. The first kappa shape index (κ1) is 12.5. The Balaban J connectivity index is 2.04. The summed E-state index contributed by atoms with van der Waals surface area (Å²) in [5.74, 6) is -0.764. The third-order valence-corrected chi connectivity index (χ3v) is 3.34. The predicted octanol–water partition coefficient (Wildman–Crippen LogP) is -1.57. The Morgan fingerprint density at radius 2 is 2.18 bits per heavy atom. The maximum atomic E-state index is 11.1. The summed E-state index contributed by atoms with van der Waals surface area (Å²) < 4.78 is 5.49. The van der Waals surface area contributed by atoms with Crippen molar-refractivity contribution in [1.29, 1.82) is 0 Å². The molecule has 1 fully saturated rings. The lowest BCUT2D eigenvalue weighted by molar-refractivity contribution is -0.124. The zero-order valence-electron chi connectivity index (χ0n) is 9.69. The quantitative estimate of drug-likeness (QED) is 0.508. The fourth-order valence-corrected chi connectivity index (χ4v) is 2.27. The van der Waals surface area contributed by atoms with Gasteiger partial charge in [0.2, 0.25) is 5.91 Å². The van der Waals surface area contributed by atoms with Gasteiger partial charge in [-0.05, 0) is 6.92 Å². The third kappa shape index (κ3) is 2.35. The maximum Gasteiger partial charge on any atom is 0.225 e. The Labute approximate surface area is 99.7 Å². The molecular weight excluding hydrogens is 224 g/mol. The summed E-state index contributed by atoms with van der Waals surface area (Å²) in [7, 11) is 0. The molecule has 1 amide bonds. The first-order valence-corrected chi connectivity index (χ1v) is 5.72. The van der Waals surface area contributed by atoms with E-state index in [0.29, 0.717) is 13.1 Å². The Bertz CT molecular complexity index is 333. The van der Waals surface area contributed by atoms with Gasteiger partial charge in [-0.2, -0.15) is 0 Å². The summed E-state index contributed by atoms with van der Waals surface area (Å²) in [4.78, 5) is 12.9. The highest BCUT2D eigenvalue weighted by Crippen LogP contribution is 2.25. The van der Waals surface area contributed by atoms with Crippen molar-refractivity contribution in [3.63, 3.8) is 0 Å². The number of aliphatic hydroxyl groups is 2. The number of amides is 1. The van der Waals surface area contributed by atoms with E-state index in [4.69, 9.17) is 10.5 Å². The van der Waals surface area contributed by atoms with Crippen molar-refractivity contribution in [2.45, 2.75) is 31.5 Å². The molecule has 0 aromatic heterocycles. The molecule has 5 atom stereocenters. The molecule has 6 heteroatoms. The summed E-state index contributed by atoms with van der Waals surface area (Å²) in [5.41, 5.74) is 5.25. The van der Waals surface area contributed by atoms with E-state index in [1.165, 1.54) is 0 Å². The van der Waals surface area contributed by atoms with Crippen molar-refractivity contribution in [2.24, 2.45) is 11.7 Å². The van der Waals surface area contributed by atoms with Crippen LogP contribution in [0.2, 0.25) is 0 Å². The van der Waals surface area contributed by atoms with E-state index < -0.39 is 30.4 Å². The molecular formula is C11H18N2O4. The largest absolute Gasteiger partial charge is 0.388 e. The average molecular weight is 242 g/mol. The molecule has 0 radical (unpaired) electrons. The predicted molar refractivity (Wildman–Crippen MR) is 59.7 cm³/mol. The molecule has 2 aliphatic heterocycles. The van der Waals surface area contributed by atoms with Crippen molar-refractivity contribution in [2.75, 3.05) is 13.1 Å². The molecule has 2 heterocycles. The van der Waals surface area contributed by atoms with E-state index in [2.05, 4.69) is 0 Å². The first-order chi connectivity index (χ1) is 8.00. The number of nitrogens with zero attached hydrogens (tertiary/aromatic N) is 1. The highest BCUT2D eigenvalue weighted by Gasteiger charge is 2.44. The molecule has 0 saturated carbocycles. The van der Waals surface area contributed by atoms with Crippen molar-refractivity contribution in [1.82, 2.24) is 4.90 Å². The zero-order valence-corrected chi connectivity index (χ0v) is 9.69. The fourth-order valence-electron chi connectivity index (χ4n) is 2.27. The maximum absolute atomic E-state index is 11.1. The normalized spacial score (nSPS) is 42.9. The minimum absolute atomic E-state index is 0.368. The van der Waals surface area contributed by atoms with Crippen LogP contribution in [0.4, 0.5) is 0 Å². The Morgan fingerprint density at radius 1 is 1.47 bits per heavy atom. The number of carbonyl (C=O) groups is 1. The van der Waals surface area contributed by atoms with Crippen molar-refractivity contribution in [3.8, 4) is 0 Å². The SMILES string of the molecule is C[C@H]1OC(N2CC=CC(C(N)=O)C2)[C@H](O)[C@@H]1O. The number of nitrogens with two attached hydrogens (primary N) is 1. The average Bonchev–Trinajstić information content (AvgIpc) is 2.57. The van der Waals surface area contributed by atoms with Crippen LogP contribution in [0.25, 0.3) is 0 Å². The monoisotopic (exact) mass is 242 g/mol. The molecule has 2 rings (SSSR count). The number of hydrogen-bond acceptors (Lipinski definition) is 5. The minimum Gasteiger partial charge on any atom is -0.388 e. The van der Waals surface area contributed by atoms with Crippen LogP contribution < -0.4 is 5.73 Å². The van der Waals surface area contributed by atoms with E-state index in [-0.39, 0.29) is 5.92 Å². The van der Waals surface area contributed by atoms with Gasteiger partial charge in [-0.1, -0.05) is 12.2 Å². The Morgan fingerprint density at radius 3 is 2.71 bits per heavy atom. The van der Waals surface area contributed by atoms with Gasteiger partial charge in [0.15, 0.2) is 0 Å². The second-order valence-electron chi connectivity index (χ2n) is 4.60. The van der Waals surface area contributed by atoms with Crippen LogP contribution in [-0.4, -0.2) is 58.6 Å². The van der Waals surface area contributed by atoms with E-state index in [9.17, 15) is 15.0 Å². The number of rotatable bonds is 2. The van der Waals surface area contributed by atoms with Crippen LogP contribution in [0, 0.1) is 5.92 Å². The van der Waals surface area contributed by atoms with Crippen LogP contribution in [0.1, 0.15) is 6.92 Å². The molecule has 17 heavy (non-hydrogen) atoms. The van der Waals surface area contributed by atoms with Gasteiger partial charge in [0.25, 0.3) is 0 Å². The molecule has 0 aliphatic carbocycles. The number of hydrogen-bond donors (Lipinski definition) is 3. The van der Waals surface area contributed by atoms with Crippen LogP contribution in [0.15, 0.2) is 12.2 Å². The van der Waals surface area contributed by atoms with Crippen molar-refractivity contribution < 1.29 is 19.7 Å². The zero-order chi connectivity index (χ0) is 12.6. The van der Waals surface area contributed by atoms with Gasteiger partial charge in [-0.15, -0.1) is 0 Å². The number of aliphatic hydroxyl groups excluding tert-OH is 2. The second-order valence-corrected chi connectivity index (χ2v) is 4.60. The molecule has 0 bridgehead atoms. The number of carbonyl (C=O) groups excluding carboxylic acids is 1. The Hall–Kier alpha value is -0.950. The van der Waals surface area contributed by atoms with E-state index in [1.807, 2.05) is 11.0 Å². The molecule has 0 spiro atoms. The first-order valence-electron chi connectivity index (χ1n) is 5.72. The molecule has 4 N–H and O–H groups in total. The highest BCUT2D eigenvalue weighted by molar-refractivity contribution is 5.78. The summed E-state index contributed by atoms with van der Waals surface area (Å²) in [6, 6.07) is 0. The van der Waals surface area contributed by atoms with Gasteiger partial charge >= 0.3 is 0 Å². The highest BCUT2D eigenvalue weighted by atomic mass is 16.6. The fraction of sp³-hybridized carbons (Fsp3) is 0.727. The van der Waals surface area contributed by atoms with Crippen LogP contribution in [-0.2, 0) is 9.53 Å². The smallest absolute Gasteiger partial charge is 0.225 e. The van der Waals surface area contributed by atoms with E-state index in [1.54, 1.807) is 13.0 Å². The van der Waals surface area contributed by atoms with Crippen LogP contribution in [0.3, 0.4) is 0 Å².